The van der Waals surface area contributed by atoms with Crippen LogP contribution < -0.4 is 10.6 Å². The van der Waals surface area contributed by atoms with Crippen LogP contribution >= 0.6 is 0 Å². The Bertz CT molecular complexity index is 716. The quantitative estimate of drug-likeness (QED) is 0.726. The van der Waals surface area contributed by atoms with Crippen LogP contribution in [0.1, 0.15) is 68.3 Å². The fourth-order valence-electron chi connectivity index (χ4n) is 6.20. The van der Waals surface area contributed by atoms with E-state index in [1.54, 1.807) is 6.07 Å². The molecule has 7 nitrogen and oxygen atoms in total. The van der Waals surface area contributed by atoms with Crippen molar-refractivity contribution < 1.29 is 9.53 Å². The molecule has 1 amide bonds. The average Bonchev–Trinajstić information content (AvgIpc) is 3.33. The average molecular weight is 428 g/mol. The zero-order valence-electron chi connectivity index (χ0n) is 18.6. The maximum absolute atomic E-state index is 12.4. The number of aromatic nitrogens is 2. The van der Waals surface area contributed by atoms with Crippen LogP contribution in [0.25, 0.3) is 0 Å². The van der Waals surface area contributed by atoms with E-state index in [1.807, 2.05) is 6.07 Å². The minimum atomic E-state index is -0.0917. The van der Waals surface area contributed by atoms with Crippen molar-refractivity contribution in [1.29, 1.82) is 0 Å². The van der Waals surface area contributed by atoms with Crippen molar-refractivity contribution in [3.8, 4) is 0 Å². The summed E-state index contributed by atoms with van der Waals surface area (Å²) in [6.07, 6.45) is 10.7. The van der Waals surface area contributed by atoms with Crippen LogP contribution in [-0.4, -0.2) is 65.9 Å². The molecule has 0 radical (unpaired) electrons. The van der Waals surface area contributed by atoms with Gasteiger partial charge in [-0.25, -0.2) is 0 Å². The minimum Gasteiger partial charge on any atom is -0.381 e. The van der Waals surface area contributed by atoms with Crippen molar-refractivity contribution in [2.75, 3.05) is 38.2 Å². The first kappa shape index (κ1) is 21.1. The Labute approximate surface area is 185 Å². The first-order valence-corrected chi connectivity index (χ1v) is 12.4. The first-order chi connectivity index (χ1) is 15.2. The molecular formula is C24H37N5O2. The van der Waals surface area contributed by atoms with E-state index in [0.29, 0.717) is 17.8 Å². The van der Waals surface area contributed by atoms with Crippen LogP contribution in [-0.2, 0) is 4.74 Å². The molecule has 2 saturated carbocycles. The van der Waals surface area contributed by atoms with Crippen molar-refractivity contribution >= 4 is 11.7 Å². The van der Waals surface area contributed by atoms with Crippen LogP contribution in [0.3, 0.4) is 0 Å². The Kier molecular flexibility index (Phi) is 6.69. The molecule has 170 valence electrons. The van der Waals surface area contributed by atoms with E-state index in [9.17, 15) is 4.79 Å². The standard InChI is InChI=1S/C24H37N5O2/c30-24(26-20-4-2-1-3-5-20)22-6-7-23(28-27-22)25-21-12-18-15-29(16-19(18)13-21)14-17-8-10-31-11-9-17/h6-7,17-21H,1-5,8-16H2,(H,25,28)(H,26,30)/t18-,19+,21?. The molecular weight excluding hydrogens is 390 g/mol. The molecule has 2 saturated heterocycles. The van der Waals surface area contributed by atoms with Gasteiger partial charge in [-0.1, -0.05) is 19.3 Å². The molecule has 3 atom stereocenters. The van der Waals surface area contributed by atoms with Crippen molar-refractivity contribution in [2.24, 2.45) is 17.8 Å². The lowest BCUT2D eigenvalue weighted by Gasteiger charge is -2.27. The van der Waals surface area contributed by atoms with Gasteiger partial charge in [0.15, 0.2) is 5.69 Å². The van der Waals surface area contributed by atoms with E-state index >= 15 is 0 Å². The van der Waals surface area contributed by atoms with E-state index in [-0.39, 0.29) is 5.91 Å². The van der Waals surface area contributed by atoms with Crippen molar-refractivity contribution in [2.45, 2.75) is 69.9 Å². The minimum absolute atomic E-state index is 0.0917. The van der Waals surface area contributed by atoms with Crippen molar-refractivity contribution in [1.82, 2.24) is 20.4 Å². The topological polar surface area (TPSA) is 79.4 Å². The fourth-order valence-corrected chi connectivity index (χ4v) is 6.20. The maximum atomic E-state index is 12.4. The number of nitrogens with zero attached hydrogens (tertiary/aromatic N) is 3. The first-order valence-electron chi connectivity index (χ1n) is 12.4. The molecule has 2 aliphatic carbocycles. The van der Waals surface area contributed by atoms with Crippen LogP contribution in [0.2, 0.25) is 0 Å². The molecule has 31 heavy (non-hydrogen) atoms. The van der Waals surface area contributed by atoms with Gasteiger partial charge in [-0.05, 0) is 68.4 Å². The lowest BCUT2D eigenvalue weighted by Crippen LogP contribution is -2.36. The Hall–Kier alpha value is -1.73. The summed E-state index contributed by atoms with van der Waals surface area (Å²) in [4.78, 5) is 15.1. The summed E-state index contributed by atoms with van der Waals surface area (Å²) in [6, 6.07) is 4.48. The number of carbonyl (C=O) groups is 1. The summed E-state index contributed by atoms with van der Waals surface area (Å²) in [5.74, 6) is 3.12. The number of hydrogen-bond acceptors (Lipinski definition) is 6. The number of hydrogen-bond donors (Lipinski definition) is 2. The number of carbonyl (C=O) groups excluding carboxylic acids is 1. The summed E-state index contributed by atoms with van der Waals surface area (Å²) in [7, 11) is 0. The predicted molar refractivity (Wildman–Crippen MR) is 120 cm³/mol. The third-order valence-electron chi connectivity index (χ3n) is 7.87. The SMILES string of the molecule is O=C(NC1CCCCC1)c1ccc(NC2C[C@@H]3CN(CC4CCOCC4)C[C@@H]3C2)nn1. The van der Waals surface area contributed by atoms with E-state index in [2.05, 4.69) is 25.7 Å². The number of nitrogens with one attached hydrogen (secondary N) is 2. The highest BCUT2D eigenvalue weighted by molar-refractivity contribution is 5.92. The van der Waals surface area contributed by atoms with Crippen molar-refractivity contribution in [3.05, 3.63) is 17.8 Å². The van der Waals surface area contributed by atoms with Gasteiger partial charge in [0.25, 0.3) is 5.91 Å². The smallest absolute Gasteiger partial charge is 0.272 e. The zero-order chi connectivity index (χ0) is 21.0. The second-order valence-corrected chi connectivity index (χ2v) is 10.2. The molecule has 0 bridgehead atoms. The summed E-state index contributed by atoms with van der Waals surface area (Å²) < 4.78 is 5.50. The van der Waals surface area contributed by atoms with Crippen LogP contribution in [0.4, 0.5) is 5.82 Å². The van der Waals surface area contributed by atoms with Gasteiger partial charge in [-0.15, -0.1) is 10.2 Å². The molecule has 2 aliphatic heterocycles. The van der Waals surface area contributed by atoms with Gasteiger partial charge < -0.3 is 20.3 Å². The van der Waals surface area contributed by atoms with Gasteiger partial charge in [0.2, 0.25) is 0 Å². The normalized spacial score (nSPS) is 30.3. The number of anilines is 1. The largest absolute Gasteiger partial charge is 0.381 e. The predicted octanol–water partition coefficient (Wildman–Crippen LogP) is 3.09. The number of fused-ring (bicyclic) bond motifs is 1. The van der Waals surface area contributed by atoms with E-state index in [0.717, 1.165) is 49.6 Å². The zero-order valence-corrected chi connectivity index (χ0v) is 18.6. The molecule has 4 aliphatic rings. The highest BCUT2D eigenvalue weighted by atomic mass is 16.5. The molecule has 0 aromatic carbocycles. The summed E-state index contributed by atoms with van der Waals surface area (Å²) >= 11 is 0. The molecule has 1 aromatic heterocycles. The summed E-state index contributed by atoms with van der Waals surface area (Å²) in [5, 5.41) is 15.2. The third kappa shape index (κ3) is 5.37. The molecule has 2 N–H and O–H groups in total. The lowest BCUT2D eigenvalue weighted by atomic mass is 9.95. The van der Waals surface area contributed by atoms with Gasteiger partial charge in [-0.3, -0.25) is 4.79 Å². The molecule has 0 spiro atoms. The molecule has 4 fully saturated rings. The van der Waals surface area contributed by atoms with Gasteiger partial charge in [-0.2, -0.15) is 0 Å². The Morgan fingerprint density at radius 1 is 0.968 bits per heavy atom. The summed E-state index contributed by atoms with van der Waals surface area (Å²) in [5.41, 5.74) is 0.420. The van der Waals surface area contributed by atoms with Crippen LogP contribution in [0, 0.1) is 17.8 Å². The number of rotatable bonds is 6. The van der Waals surface area contributed by atoms with Crippen LogP contribution in [0.5, 0.6) is 0 Å². The van der Waals surface area contributed by atoms with Gasteiger partial charge in [0.05, 0.1) is 0 Å². The molecule has 7 heteroatoms. The third-order valence-corrected chi connectivity index (χ3v) is 7.87. The molecule has 1 aromatic rings. The second-order valence-electron chi connectivity index (χ2n) is 10.2. The fraction of sp³-hybridized carbons (Fsp3) is 0.792. The Morgan fingerprint density at radius 3 is 2.39 bits per heavy atom. The highest BCUT2D eigenvalue weighted by Crippen LogP contribution is 2.39. The molecule has 3 heterocycles. The van der Waals surface area contributed by atoms with E-state index in [1.165, 1.54) is 64.6 Å². The Balaban J connectivity index is 1.07. The number of likely N-dealkylation sites (tertiary alicyclic amines) is 1. The summed E-state index contributed by atoms with van der Waals surface area (Å²) in [6.45, 7) is 5.63. The van der Waals surface area contributed by atoms with Gasteiger partial charge in [0.1, 0.15) is 5.82 Å². The maximum Gasteiger partial charge on any atom is 0.272 e. The Morgan fingerprint density at radius 2 is 1.71 bits per heavy atom. The van der Waals surface area contributed by atoms with Gasteiger partial charge >= 0.3 is 0 Å². The number of ether oxygens (including phenoxy) is 1. The lowest BCUT2D eigenvalue weighted by molar-refractivity contribution is 0.0545. The molecule has 1 unspecified atom stereocenters. The van der Waals surface area contributed by atoms with Crippen molar-refractivity contribution in [3.63, 3.8) is 0 Å². The monoisotopic (exact) mass is 427 g/mol. The van der Waals surface area contributed by atoms with E-state index in [4.69, 9.17) is 4.74 Å². The van der Waals surface area contributed by atoms with Crippen LogP contribution in [0.15, 0.2) is 12.1 Å². The van der Waals surface area contributed by atoms with Gasteiger partial charge in [0, 0.05) is 44.9 Å². The highest BCUT2D eigenvalue weighted by Gasteiger charge is 2.41. The number of amides is 1. The molecule has 5 rings (SSSR count). The second kappa shape index (κ2) is 9.82. The van der Waals surface area contributed by atoms with E-state index < -0.39 is 0 Å².